The Morgan fingerprint density at radius 3 is 2.62 bits per heavy atom. The smallest absolute Gasteiger partial charge is 0.252 e. The van der Waals surface area contributed by atoms with Crippen LogP contribution in [-0.4, -0.2) is 38.6 Å². The van der Waals surface area contributed by atoms with Crippen molar-refractivity contribution >= 4 is 23.1 Å². The van der Waals surface area contributed by atoms with Gasteiger partial charge in [0.1, 0.15) is 6.33 Å². The van der Waals surface area contributed by atoms with E-state index < -0.39 is 0 Å². The van der Waals surface area contributed by atoms with Crippen LogP contribution in [0.25, 0.3) is 5.78 Å². The number of benzene rings is 1. The maximum atomic E-state index is 12.5. The Morgan fingerprint density at radius 2 is 1.90 bits per heavy atom. The number of aromatic nitrogens is 4. The molecule has 1 N–H and O–H groups in total. The lowest BCUT2D eigenvalue weighted by molar-refractivity contribution is -0.116. The number of piperidine rings is 1. The van der Waals surface area contributed by atoms with Crippen molar-refractivity contribution in [3.63, 3.8) is 0 Å². The van der Waals surface area contributed by atoms with Gasteiger partial charge in [-0.15, -0.1) is 0 Å². The second-order valence-electron chi connectivity index (χ2n) is 8.00. The van der Waals surface area contributed by atoms with Gasteiger partial charge >= 0.3 is 0 Å². The first-order valence-corrected chi connectivity index (χ1v) is 10.3. The number of fused-ring (bicyclic) bond motifs is 1. The molecule has 3 aromatic rings. The summed E-state index contributed by atoms with van der Waals surface area (Å²) in [5.74, 6) is 1.41. The number of amides is 1. The molecule has 29 heavy (non-hydrogen) atoms. The number of nitrogens with zero attached hydrogens (tertiary/aromatic N) is 5. The molecule has 0 spiro atoms. The van der Waals surface area contributed by atoms with Gasteiger partial charge in [-0.1, -0.05) is 6.92 Å². The molecule has 152 valence electrons. The lowest BCUT2D eigenvalue weighted by atomic mass is 9.99. The highest BCUT2D eigenvalue weighted by Gasteiger charge is 2.16. The highest BCUT2D eigenvalue weighted by molar-refractivity contribution is 5.91. The third-order valence-corrected chi connectivity index (χ3v) is 5.89. The summed E-state index contributed by atoms with van der Waals surface area (Å²) in [6.45, 7) is 8.48. The first kappa shape index (κ1) is 19.4. The summed E-state index contributed by atoms with van der Waals surface area (Å²) >= 11 is 0. The summed E-state index contributed by atoms with van der Waals surface area (Å²) < 4.78 is 1.72. The number of aryl methyl sites for hydroxylation is 2. The van der Waals surface area contributed by atoms with E-state index in [9.17, 15) is 4.79 Å². The van der Waals surface area contributed by atoms with E-state index in [2.05, 4.69) is 44.3 Å². The van der Waals surface area contributed by atoms with Gasteiger partial charge in [0.25, 0.3) is 5.78 Å². The zero-order chi connectivity index (χ0) is 20.4. The Morgan fingerprint density at radius 1 is 1.17 bits per heavy atom. The molecule has 0 unspecified atom stereocenters. The third kappa shape index (κ3) is 4.23. The fourth-order valence-corrected chi connectivity index (χ4v) is 4.00. The molecule has 0 saturated carbocycles. The van der Waals surface area contributed by atoms with E-state index in [1.807, 2.05) is 26.0 Å². The largest absolute Gasteiger partial charge is 0.372 e. The summed E-state index contributed by atoms with van der Waals surface area (Å²) in [4.78, 5) is 23.5. The van der Waals surface area contributed by atoms with Gasteiger partial charge < -0.3 is 10.2 Å². The molecule has 3 heterocycles. The van der Waals surface area contributed by atoms with Crippen molar-refractivity contribution in [2.45, 2.75) is 46.5 Å². The van der Waals surface area contributed by atoms with Crippen LogP contribution in [0.15, 0.2) is 30.6 Å². The molecule has 0 radical (unpaired) electrons. The van der Waals surface area contributed by atoms with Crippen LogP contribution >= 0.6 is 0 Å². The molecular formula is C22H28N6O. The van der Waals surface area contributed by atoms with Gasteiger partial charge in [-0.05, 0) is 68.9 Å². The van der Waals surface area contributed by atoms with Gasteiger partial charge in [-0.3, -0.25) is 4.79 Å². The molecule has 1 aliphatic rings. The third-order valence-electron chi connectivity index (χ3n) is 5.89. The second-order valence-corrected chi connectivity index (χ2v) is 8.00. The lowest BCUT2D eigenvalue weighted by Crippen LogP contribution is -2.32. The van der Waals surface area contributed by atoms with Crippen molar-refractivity contribution in [2.24, 2.45) is 5.92 Å². The number of anilines is 2. The average molecular weight is 393 g/mol. The fourth-order valence-electron chi connectivity index (χ4n) is 4.00. The average Bonchev–Trinajstić information content (AvgIpc) is 3.18. The van der Waals surface area contributed by atoms with E-state index in [4.69, 9.17) is 0 Å². The van der Waals surface area contributed by atoms with Crippen LogP contribution in [0.2, 0.25) is 0 Å². The molecule has 0 bridgehead atoms. The first-order chi connectivity index (χ1) is 14.0. The zero-order valence-corrected chi connectivity index (χ0v) is 17.4. The van der Waals surface area contributed by atoms with Crippen LogP contribution in [0.4, 0.5) is 11.4 Å². The van der Waals surface area contributed by atoms with Crippen LogP contribution < -0.4 is 10.2 Å². The van der Waals surface area contributed by atoms with E-state index in [0.29, 0.717) is 18.6 Å². The maximum Gasteiger partial charge on any atom is 0.252 e. The van der Waals surface area contributed by atoms with E-state index >= 15 is 0 Å². The maximum absolute atomic E-state index is 12.5. The number of nitrogens with one attached hydrogen (secondary N) is 1. The topological polar surface area (TPSA) is 75.4 Å². The number of rotatable bonds is 5. The van der Waals surface area contributed by atoms with E-state index in [0.717, 1.165) is 41.6 Å². The fraction of sp³-hybridized carbons (Fsp3) is 0.455. The normalized spacial score (nSPS) is 15.1. The molecule has 2 aromatic heterocycles. The van der Waals surface area contributed by atoms with Crippen molar-refractivity contribution in [1.29, 1.82) is 0 Å². The zero-order valence-electron chi connectivity index (χ0n) is 17.4. The molecule has 1 aliphatic heterocycles. The highest BCUT2D eigenvalue weighted by Crippen LogP contribution is 2.24. The Balaban J connectivity index is 1.35. The monoisotopic (exact) mass is 392 g/mol. The molecule has 4 rings (SSSR count). The number of hydrogen-bond donors (Lipinski definition) is 1. The van der Waals surface area contributed by atoms with Crippen molar-refractivity contribution in [2.75, 3.05) is 23.3 Å². The van der Waals surface area contributed by atoms with Gasteiger partial charge in [0.05, 0.1) is 0 Å². The Hall–Kier alpha value is -2.96. The Labute approximate surface area is 171 Å². The van der Waals surface area contributed by atoms with Gasteiger partial charge in [-0.25, -0.2) is 9.50 Å². The van der Waals surface area contributed by atoms with Crippen molar-refractivity contribution in [3.05, 3.63) is 47.5 Å². The molecule has 1 amide bonds. The van der Waals surface area contributed by atoms with Crippen LogP contribution in [0.3, 0.4) is 0 Å². The Kier molecular flexibility index (Phi) is 5.47. The van der Waals surface area contributed by atoms with Crippen molar-refractivity contribution in [3.8, 4) is 0 Å². The van der Waals surface area contributed by atoms with Gasteiger partial charge in [0, 0.05) is 42.3 Å². The number of carbonyl (C=O) groups is 1. The van der Waals surface area contributed by atoms with Crippen molar-refractivity contribution in [1.82, 2.24) is 19.6 Å². The van der Waals surface area contributed by atoms with Crippen molar-refractivity contribution < 1.29 is 4.79 Å². The molecule has 0 atom stereocenters. The van der Waals surface area contributed by atoms with E-state index in [1.165, 1.54) is 24.9 Å². The number of carbonyl (C=O) groups excluding carboxylic acids is 1. The SMILES string of the molecule is Cc1nc2ncnn2c(C)c1CCC(=O)Nc1ccc(N2CCC(C)CC2)cc1. The highest BCUT2D eigenvalue weighted by atomic mass is 16.1. The molecule has 1 fully saturated rings. The molecule has 1 aromatic carbocycles. The standard InChI is InChI=1S/C22H28N6O/c1-15-10-12-27(13-11-15)19-6-4-18(5-7-19)26-21(29)9-8-20-16(2)25-22-23-14-24-28(22)17(20)3/h4-7,14-15H,8-13H2,1-3H3,(H,26,29). The predicted molar refractivity (Wildman–Crippen MR) is 114 cm³/mol. The summed E-state index contributed by atoms with van der Waals surface area (Å²) in [7, 11) is 0. The minimum absolute atomic E-state index is 0.00188. The first-order valence-electron chi connectivity index (χ1n) is 10.3. The van der Waals surface area contributed by atoms with Gasteiger partial charge in [0.2, 0.25) is 5.91 Å². The summed E-state index contributed by atoms with van der Waals surface area (Å²) in [6.07, 6.45) is 5.00. The molecule has 1 saturated heterocycles. The molecule has 7 heteroatoms. The summed E-state index contributed by atoms with van der Waals surface area (Å²) in [5, 5.41) is 7.21. The van der Waals surface area contributed by atoms with E-state index in [-0.39, 0.29) is 5.91 Å². The Bertz CT molecular complexity index is 1000. The minimum Gasteiger partial charge on any atom is -0.372 e. The van der Waals surface area contributed by atoms with Gasteiger partial charge in [-0.2, -0.15) is 10.1 Å². The minimum atomic E-state index is 0.00188. The summed E-state index contributed by atoms with van der Waals surface area (Å²) in [6, 6.07) is 8.18. The van der Waals surface area contributed by atoms with Crippen LogP contribution in [0.5, 0.6) is 0 Å². The lowest BCUT2D eigenvalue weighted by Gasteiger charge is -2.32. The quantitative estimate of drug-likeness (QED) is 0.719. The summed E-state index contributed by atoms with van der Waals surface area (Å²) in [5.41, 5.74) is 5.00. The predicted octanol–water partition coefficient (Wildman–Crippen LogP) is 3.55. The van der Waals surface area contributed by atoms with E-state index in [1.54, 1.807) is 4.52 Å². The number of hydrogen-bond acceptors (Lipinski definition) is 5. The van der Waals surface area contributed by atoms with Crippen LogP contribution in [0.1, 0.15) is 43.1 Å². The van der Waals surface area contributed by atoms with Crippen LogP contribution in [-0.2, 0) is 11.2 Å². The molecular weight excluding hydrogens is 364 g/mol. The van der Waals surface area contributed by atoms with Gasteiger partial charge in [0.15, 0.2) is 0 Å². The molecule has 0 aliphatic carbocycles. The second kappa shape index (κ2) is 8.19. The van der Waals surface area contributed by atoms with Crippen LogP contribution in [0, 0.1) is 19.8 Å². The molecule has 7 nitrogen and oxygen atoms in total.